The van der Waals surface area contributed by atoms with Crippen LogP contribution in [-0.4, -0.2) is 16.4 Å². The molecule has 2 aliphatic heterocycles. The van der Waals surface area contributed by atoms with Crippen LogP contribution in [0.25, 0.3) is 5.70 Å². The van der Waals surface area contributed by atoms with Crippen molar-refractivity contribution < 1.29 is 4.79 Å². The first-order chi connectivity index (χ1) is 15.7. The van der Waals surface area contributed by atoms with Gasteiger partial charge in [-0.2, -0.15) is 0 Å². The maximum Gasteiger partial charge on any atom is 0.180 e. The highest BCUT2D eigenvalue weighted by molar-refractivity contribution is 6.21. The molecule has 6 rings (SSSR count). The molecule has 2 atom stereocenters. The molecular formula is C29H22N2O. The Morgan fingerprint density at radius 2 is 1.44 bits per heavy atom. The Morgan fingerprint density at radius 3 is 2.16 bits per heavy atom. The highest BCUT2D eigenvalue weighted by atomic mass is 16.1. The third-order valence-electron chi connectivity index (χ3n) is 6.50. The van der Waals surface area contributed by atoms with Crippen LogP contribution in [0.1, 0.15) is 29.0 Å². The molecule has 0 aromatic heterocycles. The number of benzene rings is 3. The Hall–Kier alpha value is -3.98. The fourth-order valence-corrected chi connectivity index (χ4v) is 5.09. The zero-order valence-electron chi connectivity index (χ0n) is 17.6. The van der Waals surface area contributed by atoms with Crippen molar-refractivity contribution >= 4 is 17.2 Å². The van der Waals surface area contributed by atoms with Gasteiger partial charge in [0.15, 0.2) is 11.4 Å². The van der Waals surface area contributed by atoms with E-state index in [1.807, 2.05) is 18.2 Å². The summed E-state index contributed by atoms with van der Waals surface area (Å²) in [6, 6.07) is 31.5. The van der Waals surface area contributed by atoms with Crippen LogP contribution in [0.4, 0.5) is 0 Å². The van der Waals surface area contributed by atoms with E-state index in [9.17, 15) is 4.79 Å². The number of ketones is 1. The second-order valence-electron chi connectivity index (χ2n) is 8.42. The summed E-state index contributed by atoms with van der Waals surface area (Å²) in [6.45, 7) is 0. The van der Waals surface area contributed by atoms with Gasteiger partial charge in [0.1, 0.15) is 0 Å². The zero-order valence-corrected chi connectivity index (χ0v) is 17.6. The second-order valence-corrected chi connectivity index (χ2v) is 8.42. The molecule has 2 heterocycles. The molecular weight excluding hydrogens is 392 g/mol. The summed E-state index contributed by atoms with van der Waals surface area (Å²) in [7, 11) is 0. The zero-order chi connectivity index (χ0) is 21.5. The van der Waals surface area contributed by atoms with Gasteiger partial charge in [-0.1, -0.05) is 97.1 Å². The quantitative estimate of drug-likeness (QED) is 0.504. The van der Waals surface area contributed by atoms with Gasteiger partial charge in [-0.25, -0.2) is 0 Å². The maximum absolute atomic E-state index is 12.4. The minimum absolute atomic E-state index is 0.000376. The minimum Gasteiger partial charge on any atom is -0.310 e. The first kappa shape index (κ1) is 18.8. The molecule has 3 heteroatoms. The summed E-state index contributed by atoms with van der Waals surface area (Å²) in [6.07, 6.45) is 8.33. The van der Waals surface area contributed by atoms with E-state index in [4.69, 9.17) is 4.99 Å². The van der Waals surface area contributed by atoms with Gasteiger partial charge >= 0.3 is 0 Å². The van der Waals surface area contributed by atoms with E-state index >= 15 is 0 Å². The van der Waals surface area contributed by atoms with Gasteiger partial charge in [0.2, 0.25) is 0 Å². The summed E-state index contributed by atoms with van der Waals surface area (Å²) >= 11 is 0. The third kappa shape index (κ3) is 2.89. The third-order valence-corrected chi connectivity index (χ3v) is 6.50. The van der Waals surface area contributed by atoms with Crippen LogP contribution in [0.15, 0.2) is 126 Å². The smallest absolute Gasteiger partial charge is 0.180 e. The molecule has 0 N–H and O–H groups in total. The lowest BCUT2D eigenvalue weighted by molar-refractivity contribution is -0.110. The van der Waals surface area contributed by atoms with Crippen LogP contribution in [0.3, 0.4) is 0 Å². The Morgan fingerprint density at radius 1 is 0.781 bits per heavy atom. The van der Waals surface area contributed by atoms with Crippen LogP contribution < -0.4 is 0 Å². The number of aliphatic imine (C=N–C) groups is 1. The van der Waals surface area contributed by atoms with Gasteiger partial charge in [0, 0.05) is 29.7 Å². The van der Waals surface area contributed by atoms with Crippen molar-refractivity contribution in [3.63, 3.8) is 0 Å². The summed E-state index contributed by atoms with van der Waals surface area (Å²) in [5.41, 5.74) is 5.73. The van der Waals surface area contributed by atoms with E-state index in [-0.39, 0.29) is 11.7 Å². The number of carbonyl (C=O) groups excluding carboxylic acids is 1. The highest BCUT2D eigenvalue weighted by Gasteiger charge is 2.51. The number of allylic oxidation sites excluding steroid dienone is 4. The van der Waals surface area contributed by atoms with Crippen molar-refractivity contribution in [3.05, 3.63) is 138 Å². The number of carbonyl (C=O) groups is 1. The van der Waals surface area contributed by atoms with Crippen molar-refractivity contribution in [2.75, 3.05) is 0 Å². The average molecular weight is 415 g/mol. The molecule has 0 unspecified atom stereocenters. The van der Waals surface area contributed by atoms with Crippen molar-refractivity contribution in [1.29, 1.82) is 0 Å². The molecule has 3 nitrogen and oxygen atoms in total. The average Bonchev–Trinajstić information content (AvgIpc) is 3.20. The number of nitrogens with zero attached hydrogens (tertiary/aromatic N) is 2. The summed E-state index contributed by atoms with van der Waals surface area (Å²) in [5, 5.41) is 0. The van der Waals surface area contributed by atoms with Gasteiger partial charge < -0.3 is 4.90 Å². The SMILES string of the molecule is O=C1C=CC2=N[C@]3(c4ccccc4)C[C@H](c4ccccc4)C=C(c4ccccc4)N3C2=C1. The normalized spacial score (nSPS) is 23.8. The molecule has 0 saturated heterocycles. The molecule has 0 spiro atoms. The van der Waals surface area contributed by atoms with Gasteiger partial charge in [0.05, 0.1) is 11.4 Å². The number of hydrogen-bond acceptors (Lipinski definition) is 3. The summed E-state index contributed by atoms with van der Waals surface area (Å²) in [4.78, 5) is 20.0. The van der Waals surface area contributed by atoms with Crippen molar-refractivity contribution in [1.82, 2.24) is 4.90 Å². The molecule has 0 bridgehead atoms. The van der Waals surface area contributed by atoms with Crippen molar-refractivity contribution in [2.45, 2.75) is 18.0 Å². The summed E-state index contributed by atoms with van der Waals surface area (Å²) < 4.78 is 0. The molecule has 0 amide bonds. The van der Waals surface area contributed by atoms with Crippen molar-refractivity contribution in [3.8, 4) is 0 Å². The van der Waals surface area contributed by atoms with E-state index in [0.717, 1.165) is 34.7 Å². The molecule has 0 radical (unpaired) electrons. The minimum atomic E-state index is -0.613. The van der Waals surface area contributed by atoms with E-state index in [1.165, 1.54) is 5.56 Å². The molecule has 32 heavy (non-hydrogen) atoms. The predicted octanol–water partition coefficient (Wildman–Crippen LogP) is 5.85. The van der Waals surface area contributed by atoms with E-state index < -0.39 is 5.66 Å². The second kappa shape index (κ2) is 7.31. The number of fused-ring (bicyclic) bond motifs is 3. The van der Waals surface area contributed by atoms with Crippen LogP contribution in [0.2, 0.25) is 0 Å². The largest absolute Gasteiger partial charge is 0.310 e. The van der Waals surface area contributed by atoms with Crippen LogP contribution >= 0.6 is 0 Å². The number of hydrogen-bond donors (Lipinski definition) is 0. The molecule has 154 valence electrons. The van der Waals surface area contributed by atoms with E-state index in [1.54, 1.807) is 12.2 Å². The Bertz CT molecular complexity index is 1300. The van der Waals surface area contributed by atoms with Crippen LogP contribution in [-0.2, 0) is 10.5 Å². The first-order valence-electron chi connectivity index (χ1n) is 11.0. The van der Waals surface area contributed by atoms with Crippen LogP contribution in [0, 0.1) is 0 Å². The Kier molecular flexibility index (Phi) is 4.29. The standard InChI is InChI=1S/C29H22N2O/c32-25-16-17-26-28(19-25)31-27(22-12-6-2-7-13-22)18-23(21-10-4-1-5-11-21)20-29(31,30-26)24-14-8-3-9-15-24/h1-19,23H,20H2/t23-,29-/m1/s1. The molecule has 3 aromatic rings. The topological polar surface area (TPSA) is 32.7 Å². The molecule has 0 fully saturated rings. The fourth-order valence-electron chi connectivity index (χ4n) is 5.09. The maximum atomic E-state index is 12.4. The molecule has 3 aliphatic rings. The lowest BCUT2D eigenvalue weighted by Gasteiger charge is -2.45. The number of rotatable bonds is 3. The predicted molar refractivity (Wildman–Crippen MR) is 128 cm³/mol. The highest BCUT2D eigenvalue weighted by Crippen LogP contribution is 2.54. The summed E-state index contributed by atoms with van der Waals surface area (Å²) in [5.74, 6) is 0.188. The van der Waals surface area contributed by atoms with E-state index in [2.05, 4.69) is 89.8 Å². The van der Waals surface area contributed by atoms with Crippen molar-refractivity contribution in [2.24, 2.45) is 4.99 Å². The van der Waals surface area contributed by atoms with Gasteiger partial charge in [-0.3, -0.25) is 9.79 Å². The Labute approximate surface area is 187 Å². The Balaban J connectivity index is 1.63. The lowest BCUT2D eigenvalue weighted by atomic mass is 9.79. The fraction of sp³-hybridized carbons (Fsp3) is 0.103. The monoisotopic (exact) mass is 414 g/mol. The molecule has 1 aliphatic carbocycles. The van der Waals surface area contributed by atoms with Gasteiger partial charge in [-0.15, -0.1) is 0 Å². The van der Waals surface area contributed by atoms with E-state index in [0.29, 0.717) is 0 Å². The lowest BCUT2D eigenvalue weighted by Crippen LogP contribution is -2.43. The molecule has 0 saturated carbocycles. The first-order valence-corrected chi connectivity index (χ1v) is 11.0. The van der Waals surface area contributed by atoms with Gasteiger partial charge in [0.25, 0.3) is 0 Å². The van der Waals surface area contributed by atoms with Crippen LogP contribution in [0.5, 0.6) is 0 Å². The van der Waals surface area contributed by atoms with Gasteiger partial charge in [-0.05, 0) is 23.3 Å². The molecule has 3 aromatic carbocycles.